The highest BCUT2D eigenvalue weighted by molar-refractivity contribution is 7.88. The van der Waals surface area contributed by atoms with Crippen LogP contribution in [0.2, 0.25) is 0 Å². The van der Waals surface area contributed by atoms with E-state index in [0.29, 0.717) is 25.9 Å². The van der Waals surface area contributed by atoms with Crippen LogP contribution in [0.15, 0.2) is 72.9 Å². The van der Waals surface area contributed by atoms with Gasteiger partial charge in [-0.3, -0.25) is 4.98 Å². The van der Waals surface area contributed by atoms with Crippen molar-refractivity contribution in [3.05, 3.63) is 89.7 Å². The molecule has 0 spiro atoms. The summed E-state index contributed by atoms with van der Waals surface area (Å²) in [7, 11) is -1.71. The first-order valence-electron chi connectivity index (χ1n) is 12.0. The summed E-state index contributed by atoms with van der Waals surface area (Å²) in [5.74, 6) is 0.0294. The number of carboxylic acid groups (broad SMARTS) is 1. The van der Waals surface area contributed by atoms with Gasteiger partial charge in [0.15, 0.2) is 0 Å². The van der Waals surface area contributed by atoms with E-state index in [1.54, 1.807) is 13.2 Å². The molecule has 3 rings (SSSR count). The summed E-state index contributed by atoms with van der Waals surface area (Å²) in [6.07, 6.45) is 3.20. The molecule has 1 N–H and O–H groups in total. The molecule has 1 heterocycles. The molecule has 0 bridgehead atoms. The fraction of sp³-hybridized carbons (Fsp3) is 0.357. The van der Waals surface area contributed by atoms with Gasteiger partial charge in [-0.25, -0.2) is 17.5 Å². The lowest BCUT2D eigenvalue weighted by Crippen LogP contribution is -2.34. The third-order valence-electron chi connectivity index (χ3n) is 6.68. The zero-order valence-electron chi connectivity index (χ0n) is 21.3. The third kappa shape index (κ3) is 7.38. The van der Waals surface area contributed by atoms with Gasteiger partial charge >= 0.3 is 6.09 Å². The van der Waals surface area contributed by atoms with Crippen LogP contribution in [0.1, 0.15) is 48.5 Å². The lowest BCUT2D eigenvalue weighted by molar-refractivity contribution is 0.126. The van der Waals surface area contributed by atoms with Crippen molar-refractivity contribution in [3.8, 4) is 11.1 Å². The monoisotopic (exact) mass is 509 g/mol. The molecule has 1 aromatic heterocycles. The molecule has 0 saturated carbocycles. The number of hydrogen-bond donors (Lipinski definition) is 1. The van der Waals surface area contributed by atoms with Crippen molar-refractivity contribution in [3.63, 3.8) is 0 Å². The van der Waals surface area contributed by atoms with E-state index in [0.717, 1.165) is 27.9 Å². The number of rotatable bonds is 11. The molecule has 3 aromatic rings. The van der Waals surface area contributed by atoms with Crippen LogP contribution in [0.4, 0.5) is 4.79 Å². The van der Waals surface area contributed by atoms with Gasteiger partial charge in [0.25, 0.3) is 0 Å². The minimum atomic E-state index is -3.28. The first kappa shape index (κ1) is 27.4. The number of benzene rings is 2. The number of carbonyl (C=O) groups is 1. The summed E-state index contributed by atoms with van der Waals surface area (Å²) in [6.45, 7) is 4.56. The molecule has 192 valence electrons. The second kappa shape index (κ2) is 12.1. The van der Waals surface area contributed by atoms with Gasteiger partial charge in [0.1, 0.15) is 0 Å². The Hall–Kier alpha value is -3.23. The number of sulfonamides is 1. The predicted molar refractivity (Wildman–Crippen MR) is 143 cm³/mol. The molecule has 1 amide bonds. The van der Waals surface area contributed by atoms with Crippen LogP contribution in [-0.2, 0) is 10.0 Å². The molecule has 8 heteroatoms. The van der Waals surface area contributed by atoms with Crippen LogP contribution in [-0.4, -0.2) is 60.2 Å². The van der Waals surface area contributed by atoms with Crippen molar-refractivity contribution in [2.75, 3.05) is 26.4 Å². The van der Waals surface area contributed by atoms with E-state index < -0.39 is 16.1 Å². The van der Waals surface area contributed by atoms with E-state index in [-0.39, 0.29) is 12.0 Å². The highest BCUT2D eigenvalue weighted by atomic mass is 32.2. The lowest BCUT2D eigenvalue weighted by Gasteiger charge is -2.29. The lowest BCUT2D eigenvalue weighted by atomic mass is 9.92. The summed E-state index contributed by atoms with van der Waals surface area (Å²) in [5.41, 5.74) is 5.06. The smallest absolute Gasteiger partial charge is 0.407 e. The maximum atomic E-state index is 12.2. The highest BCUT2D eigenvalue weighted by Crippen LogP contribution is 2.29. The van der Waals surface area contributed by atoms with E-state index in [2.05, 4.69) is 4.98 Å². The van der Waals surface area contributed by atoms with Gasteiger partial charge in [0.05, 0.1) is 12.3 Å². The zero-order valence-corrected chi connectivity index (χ0v) is 22.1. The molecule has 2 atom stereocenters. The number of amides is 1. The number of hydrogen-bond acceptors (Lipinski definition) is 4. The minimum absolute atomic E-state index is 0.0294. The molecule has 0 aliphatic carbocycles. The van der Waals surface area contributed by atoms with Gasteiger partial charge < -0.3 is 10.0 Å². The second-order valence-corrected chi connectivity index (χ2v) is 11.3. The van der Waals surface area contributed by atoms with Crippen molar-refractivity contribution < 1.29 is 18.3 Å². The number of aromatic nitrogens is 1. The first-order chi connectivity index (χ1) is 17.1. The first-order valence-corrected chi connectivity index (χ1v) is 13.9. The quantitative estimate of drug-likeness (QED) is 0.366. The largest absolute Gasteiger partial charge is 0.465 e. The molecule has 0 saturated heterocycles. The van der Waals surface area contributed by atoms with Gasteiger partial charge in [-0.15, -0.1) is 0 Å². The average molecular weight is 510 g/mol. The SMILES string of the molecule is Cc1cc(-c2ccc([C@H](C)N(CC[C@H](CCN(C)S(C)(=O)=O)c3ccccc3)C(=O)O)cc2)ccn1. The molecule has 0 unspecified atom stereocenters. The third-order valence-corrected chi connectivity index (χ3v) is 8.00. The number of pyridine rings is 1. The summed E-state index contributed by atoms with van der Waals surface area (Å²) in [6, 6.07) is 21.5. The van der Waals surface area contributed by atoms with E-state index in [9.17, 15) is 18.3 Å². The molecule has 36 heavy (non-hydrogen) atoms. The Bertz CT molecular complexity index is 1250. The predicted octanol–water partition coefficient (Wildman–Crippen LogP) is 5.55. The van der Waals surface area contributed by atoms with Gasteiger partial charge in [0, 0.05) is 32.0 Å². The highest BCUT2D eigenvalue weighted by Gasteiger charge is 2.24. The van der Waals surface area contributed by atoms with Crippen molar-refractivity contribution >= 4 is 16.1 Å². The van der Waals surface area contributed by atoms with Crippen LogP contribution >= 0.6 is 0 Å². The van der Waals surface area contributed by atoms with Crippen LogP contribution in [0.3, 0.4) is 0 Å². The Labute approximate surface area is 214 Å². The minimum Gasteiger partial charge on any atom is -0.465 e. The maximum absolute atomic E-state index is 12.2. The zero-order chi connectivity index (χ0) is 26.3. The summed E-state index contributed by atoms with van der Waals surface area (Å²) < 4.78 is 25.0. The topological polar surface area (TPSA) is 90.8 Å². The molecule has 0 fully saturated rings. The standard InChI is InChI=1S/C28H35N3O4S/c1-21-20-27(14-17-29-21)25-12-10-23(11-13-25)22(2)31(28(32)33)19-16-26(24-8-6-5-7-9-24)15-18-30(3)36(4,34)35/h5-14,17,20,22,26H,15-16,18-19H2,1-4H3,(H,32,33)/t22-,26-/m0/s1. The Morgan fingerprint density at radius 1 is 0.944 bits per heavy atom. The molecule has 2 aromatic carbocycles. The van der Waals surface area contributed by atoms with Crippen LogP contribution in [0.5, 0.6) is 0 Å². The number of aryl methyl sites for hydroxylation is 1. The molecule has 0 aliphatic rings. The van der Waals surface area contributed by atoms with E-state index in [4.69, 9.17) is 0 Å². The van der Waals surface area contributed by atoms with Crippen molar-refractivity contribution in [1.29, 1.82) is 0 Å². The van der Waals surface area contributed by atoms with Crippen molar-refractivity contribution in [2.24, 2.45) is 0 Å². The van der Waals surface area contributed by atoms with Crippen LogP contribution in [0, 0.1) is 6.92 Å². The van der Waals surface area contributed by atoms with Crippen molar-refractivity contribution in [2.45, 2.75) is 38.6 Å². The van der Waals surface area contributed by atoms with E-state index >= 15 is 0 Å². The number of nitrogens with zero attached hydrogens (tertiary/aromatic N) is 3. The second-order valence-electron chi connectivity index (χ2n) is 9.23. The summed E-state index contributed by atoms with van der Waals surface area (Å²) in [5, 5.41) is 10.0. The molecule has 0 aliphatic heterocycles. The Balaban J connectivity index is 1.73. The van der Waals surface area contributed by atoms with Crippen molar-refractivity contribution in [1.82, 2.24) is 14.2 Å². The fourth-order valence-electron chi connectivity index (χ4n) is 4.32. The molecule has 0 radical (unpaired) electrons. The van der Waals surface area contributed by atoms with Gasteiger partial charge in [-0.05, 0) is 67.0 Å². The van der Waals surface area contributed by atoms with Gasteiger partial charge in [-0.2, -0.15) is 0 Å². The Kier molecular flexibility index (Phi) is 9.23. The van der Waals surface area contributed by atoms with Crippen LogP contribution in [0.25, 0.3) is 11.1 Å². The maximum Gasteiger partial charge on any atom is 0.407 e. The average Bonchev–Trinajstić information content (AvgIpc) is 2.85. The Morgan fingerprint density at radius 3 is 2.17 bits per heavy atom. The normalized spacial score (nSPS) is 13.4. The van der Waals surface area contributed by atoms with E-state index in [1.165, 1.54) is 15.5 Å². The summed E-state index contributed by atoms with van der Waals surface area (Å²) in [4.78, 5) is 17.9. The summed E-state index contributed by atoms with van der Waals surface area (Å²) >= 11 is 0. The van der Waals surface area contributed by atoms with Gasteiger partial charge in [0.2, 0.25) is 10.0 Å². The molecule has 7 nitrogen and oxygen atoms in total. The Morgan fingerprint density at radius 2 is 1.58 bits per heavy atom. The molecular weight excluding hydrogens is 474 g/mol. The fourth-order valence-corrected chi connectivity index (χ4v) is 4.75. The molecular formula is C28H35N3O4S. The van der Waals surface area contributed by atoms with Crippen LogP contribution < -0.4 is 0 Å². The van der Waals surface area contributed by atoms with E-state index in [1.807, 2.05) is 80.6 Å². The van der Waals surface area contributed by atoms with Gasteiger partial charge in [-0.1, -0.05) is 54.6 Å².